The van der Waals surface area contributed by atoms with Gasteiger partial charge in [0.05, 0.1) is 16.6 Å². The first kappa shape index (κ1) is 21.3. The van der Waals surface area contributed by atoms with Crippen LogP contribution in [-0.2, 0) is 14.6 Å². The molecule has 1 fully saturated rings. The van der Waals surface area contributed by atoms with Crippen LogP contribution in [0.4, 0.5) is 5.69 Å². The van der Waals surface area contributed by atoms with Crippen molar-refractivity contribution in [2.75, 3.05) is 24.2 Å². The highest BCUT2D eigenvalue weighted by atomic mass is 35.5. The number of benzene rings is 2. The summed E-state index contributed by atoms with van der Waals surface area (Å²) in [6, 6.07) is 12.9. The maximum Gasteiger partial charge on any atom is 0.253 e. The second kappa shape index (κ2) is 8.97. The second-order valence-electron chi connectivity index (χ2n) is 7.01. The van der Waals surface area contributed by atoms with Crippen LogP contribution in [0.2, 0.25) is 5.02 Å². The molecule has 0 bridgehead atoms. The van der Waals surface area contributed by atoms with E-state index in [0.717, 1.165) is 6.42 Å². The summed E-state index contributed by atoms with van der Waals surface area (Å²) in [4.78, 5) is 27.3. The molecule has 8 heteroatoms. The summed E-state index contributed by atoms with van der Waals surface area (Å²) < 4.78 is 23.8. The Hall–Kier alpha value is -2.38. The van der Waals surface area contributed by atoms with Gasteiger partial charge in [-0.15, -0.1) is 0 Å². The monoisotopic (exact) mass is 434 g/mol. The van der Waals surface area contributed by atoms with Crippen LogP contribution in [0, 0.1) is 5.92 Å². The minimum atomic E-state index is -3.27. The van der Waals surface area contributed by atoms with Gasteiger partial charge in [0, 0.05) is 29.4 Å². The first-order valence-electron chi connectivity index (χ1n) is 9.48. The van der Waals surface area contributed by atoms with E-state index in [2.05, 4.69) is 5.32 Å². The van der Waals surface area contributed by atoms with Gasteiger partial charge in [0.25, 0.3) is 5.91 Å². The molecule has 1 unspecified atom stereocenters. The topological polar surface area (TPSA) is 83.6 Å². The smallest absolute Gasteiger partial charge is 0.253 e. The highest BCUT2D eigenvalue weighted by Crippen LogP contribution is 2.22. The molecule has 2 aromatic rings. The first-order chi connectivity index (χ1) is 13.8. The Kier molecular flexibility index (Phi) is 6.59. The van der Waals surface area contributed by atoms with Crippen LogP contribution in [0.1, 0.15) is 30.1 Å². The van der Waals surface area contributed by atoms with Gasteiger partial charge in [0.15, 0.2) is 9.84 Å². The van der Waals surface area contributed by atoms with Crippen molar-refractivity contribution in [3.8, 4) is 0 Å². The zero-order chi connectivity index (χ0) is 21.0. The van der Waals surface area contributed by atoms with Crippen molar-refractivity contribution in [1.82, 2.24) is 4.90 Å². The highest BCUT2D eigenvalue weighted by molar-refractivity contribution is 7.91. The molecule has 1 N–H and O–H groups in total. The van der Waals surface area contributed by atoms with Crippen LogP contribution in [0.25, 0.3) is 0 Å². The number of carbonyl (C=O) groups is 2. The van der Waals surface area contributed by atoms with E-state index in [1.54, 1.807) is 48.2 Å². The van der Waals surface area contributed by atoms with Crippen LogP contribution >= 0.6 is 11.6 Å². The number of carbonyl (C=O) groups excluding carboxylic acids is 2. The summed E-state index contributed by atoms with van der Waals surface area (Å²) in [5.74, 6) is -0.588. The molecule has 1 heterocycles. The number of rotatable bonds is 5. The lowest BCUT2D eigenvalue weighted by atomic mass is 9.96. The van der Waals surface area contributed by atoms with E-state index < -0.39 is 9.84 Å². The number of sulfone groups is 1. The van der Waals surface area contributed by atoms with Gasteiger partial charge < -0.3 is 10.2 Å². The average Bonchev–Trinajstić information content (AvgIpc) is 2.74. The third-order valence-corrected chi connectivity index (χ3v) is 7.03. The normalized spacial score (nSPS) is 17.0. The maximum absolute atomic E-state index is 12.7. The maximum atomic E-state index is 12.7. The second-order valence-corrected chi connectivity index (χ2v) is 9.73. The van der Waals surface area contributed by atoms with Crippen molar-refractivity contribution < 1.29 is 18.0 Å². The average molecular weight is 435 g/mol. The number of amides is 2. The lowest BCUT2D eigenvalue weighted by Gasteiger charge is -2.32. The van der Waals surface area contributed by atoms with Crippen LogP contribution in [0.5, 0.6) is 0 Å². The molecular formula is C21H23ClN2O4S. The number of anilines is 1. The van der Waals surface area contributed by atoms with Gasteiger partial charge in [-0.1, -0.05) is 18.5 Å². The van der Waals surface area contributed by atoms with Crippen molar-refractivity contribution in [3.05, 3.63) is 59.1 Å². The molecule has 0 aliphatic carbocycles. The standard InChI is InChI=1S/C21H23ClN2O4S/c1-2-29(27,28)19-11-9-18(10-12-19)23-20(25)16-4-3-13-24(14-16)21(26)15-5-7-17(22)8-6-15/h5-12,16H,2-4,13-14H2,1H3,(H,23,25). The Morgan fingerprint density at radius 1 is 1.10 bits per heavy atom. The van der Waals surface area contributed by atoms with Crippen LogP contribution in [-0.4, -0.2) is 44.0 Å². The van der Waals surface area contributed by atoms with Gasteiger partial charge in [-0.25, -0.2) is 8.42 Å². The van der Waals surface area contributed by atoms with Gasteiger partial charge >= 0.3 is 0 Å². The van der Waals surface area contributed by atoms with Crippen molar-refractivity contribution in [2.24, 2.45) is 5.92 Å². The zero-order valence-corrected chi connectivity index (χ0v) is 17.7. The number of hydrogen-bond acceptors (Lipinski definition) is 4. The number of halogens is 1. The van der Waals surface area contributed by atoms with Gasteiger partial charge in [-0.2, -0.15) is 0 Å². The highest BCUT2D eigenvalue weighted by Gasteiger charge is 2.29. The molecule has 1 aliphatic heterocycles. The van der Waals surface area contributed by atoms with Crippen molar-refractivity contribution in [3.63, 3.8) is 0 Å². The van der Waals surface area contributed by atoms with Gasteiger partial charge in [-0.3, -0.25) is 9.59 Å². The third kappa shape index (κ3) is 5.16. The quantitative estimate of drug-likeness (QED) is 0.778. The molecule has 154 valence electrons. The van der Waals surface area contributed by atoms with Crippen molar-refractivity contribution >= 4 is 38.9 Å². The van der Waals surface area contributed by atoms with Crippen LogP contribution < -0.4 is 5.32 Å². The number of likely N-dealkylation sites (tertiary alicyclic amines) is 1. The minimum absolute atomic E-state index is 0.0261. The molecule has 0 aromatic heterocycles. The van der Waals surface area contributed by atoms with Crippen LogP contribution in [0.3, 0.4) is 0 Å². The largest absolute Gasteiger partial charge is 0.338 e. The summed E-state index contributed by atoms with van der Waals surface area (Å²) >= 11 is 5.88. The minimum Gasteiger partial charge on any atom is -0.338 e. The molecule has 2 aromatic carbocycles. The summed E-state index contributed by atoms with van der Waals surface area (Å²) in [7, 11) is -3.27. The molecule has 1 aliphatic rings. The number of nitrogens with one attached hydrogen (secondary N) is 1. The fourth-order valence-corrected chi connectivity index (χ4v) is 4.32. The third-order valence-electron chi connectivity index (χ3n) is 5.03. The molecule has 6 nitrogen and oxygen atoms in total. The van der Waals surface area contributed by atoms with Gasteiger partial charge in [0.2, 0.25) is 5.91 Å². The molecule has 29 heavy (non-hydrogen) atoms. The van der Waals surface area contributed by atoms with E-state index in [4.69, 9.17) is 11.6 Å². The summed E-state index contributed by atoms with van der Waals surface area (Å²) in [5.41, 5.74) is 1.08. The van der Waals surface area contributed by atoms with E-state index >= 15 is 0 Å². The summed E-state index contributed by atoms with van der Waals surface area (Å²) in [6.07, 6.45) is 1.43. The van der Waals surface area contributed by atoms with E-state index in [1.807, 2.05) is 0 Å². The van der Waals surface area contributed by atoms with Crippen molar-refractivity contribution in [1.29, 1.82) is 0 Å². The van der Waals surface area contributed by atoms with E-state index in [0.29, 0.717) is 35.8 Å². The fraction of sp³-hybridized carbons (Fsp3) is 0.333. The fourth-order valence-electron chi connectivity index (χ4n) is 3.31. The summed E-state index contributed by atoms with van der Waals surface area (Å²) in [5, 5.41) is 3.39. The van der Waals surface area contributed by atoms with E-state index in [9.17, 15) is 18.0 Å². The summed E-state index contributed by atoms with van der Waals surface area (Å²) in [6.45, 7) is 2.54. The zero-order valence-electron chi connectivity index (χ0n) is 16.1. The predicted octanol–water partition coefficient (Wildman–Crippen LogP) is 3.62. The molecule has 0 radical (unpaired) electrons. The van der Waals surface area contributed by atoms with E-state index in [-0.39, 0.29) is 28.4 Å². The lowest BCUT2D eigenvalue weighted by molar-refractivity contribution is -0.121. The number of piperidine rings is 1. The molecule has 0 saturated carbocycles. The molecule has 2 amide bonds. The Morgan fingerprint density at radius 2 is 1.76 bits per heavy atom. The number of hydrogen-bond donors (Lipinski definition) is 1. The van der Waals surface area contributed by atoms with Gasteiger partial charge in [-0.05, 0) is 61.4 Å². The molecular weight excluding hydrogens is 412 g/mol. The SMILES string of the molecule is CCS(=O)(=O)c1ccc(NC(=O)C2CCCN(C(=O)c3ccc(Cl)cc3)C2)cc1. The Labute approximate surface area is 175 Å². The first-order valence-corrected chi connectivity index (χ1v) is 11.5. The van der Waals surface area contributed by atoms with E-state index in [1.165, 1.54) is 12.1 Å². The van der Waals surface area contributed by atoms with Gasteiger partial charge in [0.1, 0.15) is 0 Å². The molecule has 1 saturated heterocycles. The Balaban J connectivity index is 1.63. The Bertz CT molecular complexity index is 988. The number of nitrogens with zero attached hydrogens (tertiary/aromatic N) is 1. The molecule has 3 rings (SSSR count). The molecule has 1 atom stereocenters. The Morgan fingerprint density at radius 3 is 2.38 bits per heavy atom. The molecule has 0 spiro atoms. The lowest BCUT2D eigenvalue weighted by Crippen LogP contribution is -2.43. The predicted molar refractivity (Wildman–Crippen MR) is 113 cm³/mol. The van der Waals surface area contributed by atoms with Crippen molar-refractivity contribution in [2.45, 2.75) is 24.7 Å². The van der Waals surface area contributed by atoms with Crippen LogP contribution in [0.15, 0.2) is 53.4 Å².